The monoisotopic (exact) mass is 330 g/mol. The number of thiazole rings is 1. The fourth-order valence-electron chi connectivity index (χ4n) is 2.15. The van der Waals surface area contributed by atoms with E-state index < -0.39 is 0 Å². The van der Waals surface area contributed by atoms with Gasteiger partial charge in [-0.05, 0) is 12.1 Å². The Morgan fingerprint density at radius 2 is 2.35 bits per heavy atom. The number of amides is 1. The Morgan fingerprint density at radius 1 is 1.48 bits per heavy atom. The number of aromatic amines is 1. The summed E-state index contributed by atoms with van der Waals surface area (Å²) in [7, 11) is 1.35. The molecule has 0 aliphatic rings. The van der Waals surface area contributed by atoms with Crippen molar-refractivity contribution in [1.29, 1.82) is 0 Å². The van der Waals surface area contributed by atoms with E-state index in [2.05, 4.69) is 19.7 Å². The molecule has 0 bridgehead atoms. The van der Waals surface area contributed by atoms with Gasteiger partial charge in [-0.15, -0.1) is 11.3 Å². The summed E-state index contributed by atoms with van der Waals surface area (Å²) in [6.07, 6.45) is 5.28. The largest absolute Gasteiger partial charge is 0.469 e. The third-order valence-corrected chi connectivity index (χ3v) is 4.12. The topological polar surface area (TPSA) is 89.3 Å². The second-order valence-electron chi connectivity index (χ2n) is 4.72. The van der Waals surface area contributed by atoms with Crippen molar-refractivity contribution in [2.75, 3.05) is 7.11 Å². The molecule has 118 valence electrons. The molecule has 7 nitrogen and oxygen atoms in total. The van der Waals surface area contributed by atoms with Crippen molar-refractivity contribution in [3.8, 4) is 0 Å². The molecule has 3 aromatic rings. The number of aryl methyl sites for hydroxylation is 1. The molecule has 3 aromatic heterocycles. The third-order valence-electron chi connectivity index (χ3n) is 3.32. The van der Waals surface area contributed by atoms with Gasteiger partial charge in [0.25, 0.3) is 5.91 Å². The lowest BCUT2D eigenvalue weighted by molar-refractivity contribution is -0.140. The van der Waals surface area contributed by atoms with E-state index in [0.717, 1.165) is 5.39 Å². The number of nitrogens with one attached hydrogen (secondary N) is 1. The standard InChI is InChI=1S/C15H14N4O3S/c1-22-12(20)4-6-19-7-8-23-15(19)18-14(21)11-9-17-13-10(11)3-2-5-16-13/h2-3,5,7-9H,4,6H2,1H3,(H,16,17)/b18-15-. The minimum atomic E-state index is -0.349. The number of carbonyl (C=O) groups excluding carboxylic acids is 2. The second kappa shape index (κ2) is 6.57. The third kappa shape index (κ3) is 3.21. The number of aromatic nitrogens is 3. The Balaban J connectivity index is 1.88. The maximum atomic E-state index is 12.4. The first-order chi connectivity index (χ1) is 11.2. The van der Waals surface area contributed by atoms with Gasteiger partial charge in [0.05, 0.1) is 19.1 Å². The minimum absolute atomic E-state index is 0.228. The number of hydrogen-bond acceptors (Lipinski definition) is 5. The molecule has 0 fully saturated rings. The molecule has 0 saturated carbocycles. The molecule has 0 aliphatic carbocycles. The van der Waals surface area contributed by atoms with Crippen LogP contribution in [0.25, 0.3) is 11.0 Å². The van der Waals surface area contributed by atoms with Crippen molar-refractivity contribution in [3.63, 3.8) is 0 Å². The van der Waals surface area contributed by atoms with Crippen LogP contribution >= 0.6 is 11.3 Å². The number of H-pyrrole nitrogens is 1. The van der Waals surface area contributed by atoms with Gasteiger partial charge in [-0.25, -0.2) is 4.98 Å². The number of hydrogen-bond donors (Lipinski definition) is 1. The van der Waals surface area contributed by atoms with Crippen LogP contribution in [0.3, 0.4) is 0 Å². The normalized spacial score (nSPS) is 11.8. The number of nitrogens with zero attached hydrogens (tertiary/aromatic N) is 3. The highest BCUT2D eigenvalue weighted by Gasteiger charge is 2.12. The van der Waals surface area contributed by atoms with E-state index in [1.165, 1.54) is 18.4 Å². The molecular formula is C15H14N4O3S. The van der Waals surface area contributed by atoms with Gasteiger partial charge in [0, 0.05) is 35.9 Å². The zero-order valence-corrected chi connectivity index (χ0v) is 13.2. The summed E-state index contributed by atoms with van der Waals surface area (Å²) in [6, 6.07) is 3.59. The number of rotatable bonds is 4. The number of fused-ring (bicyclic) bond motifs is 1. The van der Waals surface area contributed by atoms with Crippen molar-refractivity contribution in [2.24, 2.45) is 4.99 Å². The summed E-state index contributed by atoms with van der Waals surface area (Å²) in [5.41, 5.74) is 1.12. The fraction of sp³-hybridized carbons (Fsp3) is 0.200. The highest BCUT2D eigenvalue weighted by atomic mass is 32.1. The summed E-state index contributed by atoms with van der Waals surface area (Å²) in [5.74, 6) is -0.651. The van der Waals surface area contributed by atoms with Crippen molar-refractivity contribution in [3.05, 3.63) is 46.5 Å². The fourth-order valence-corrected chi connectivity index (χ4v) is 2.90. The first-order valence-electron chi connectivity index (χ1n) is 6.91. The zero-order valence-electron chi connectivity index (χ0n) is 12.4. The summed E-state index contributed by atoms with van der Waals surface area (Å²) in [5, 5.41) is 2.55. The predicted molar refractivity (Wildman–Crippen MR) is 84.9 cm³/mol. The van der Waals surface area contributed by atoms with E-state index in [1.807, 2.05) is 11.4 Å². The average molecular weight is 330 g/mol. The smallest absolute Gasteiger partial charge is 0.307 e. The molecule has 0 unspecified atom stereocenters. The Bertz CT molecular complexity index is 922. The number of carbonyl (C=O) groups is 2. The first kappa shape index (κ1) is 15.2. The minimum Gasteiger partial charge on any atom is -0.469 e. The lowest BCUT2D eigenvalue weighted by Crippen LogP contribution is -2.18. The predicted octanol–water partition coefficient (Wildman–Crippen LogP) is 1.73. The highest BCUT2D eigenvalue weighted by molar-refractivity contribution is 7.07. The van der Waals surface area contributed by atoms with E-state index in [0.29, 0.717) is 22.6 Å². The molecular weight excluding hydrogens is 316 g/mol. The Labute approximate surface area is 135 Å². The van der Waals surface area contributed by atoms with Crippen LogP contribution in [0.1, 0.15) is 16.8 Å². The van der Waals surface area contributed by atoms with Gasteiger partial charge in [-0.2, -0.15) is 4.99 Å². The van der Waals surface area contributed by atoms with E-state index in [-0.39, 0.29) is 18.3 Å². The van der Waals surface area contributed by atoms with Gasteiger partial charge in [-0.3, -0.25) is 9.59 Å². The molecule has 8 heteroatoms. The Morgan fingerprint density at radius 3 is 3.17 bits per heavy atom. The van der Waals surface area contributed by atoms with E-state index >= 15 is 0 Å². The van der Waals surface area contributed by atoms with Gasteiger partial charge in [0.2, 0.25) is 0 Å². The highest BCUT2D eigenvalue weighted by Crippen LogP contribution is 2.16. The number of ether oxygens (including phenoxy) is 1. The van der Waals surface area contributed by atoms with E-state index in [1.54, 1.807) is 29.2 Å². The van der Waals surface area contributed by atoms with Crippen LogP contribution in [-0.2, 0) is 16.1 Å². The summed E-state index contributed by atoms with van der Waals surface area (Å²) in [6.45, 7) is 0.414. The maximum absolute atomic E-state index is 12.4. The molecule has 1 amide bonds. The van der Waals surface area contributed by atoms with Crippen molar-refractivity contribution in [2.45, 2.75) is 13.0 Å². The van der Waals surface area contributed by atoms with Crippen LogP contribution in [0.2, 0.25) is 0 Å². The molecule has 3 rings (SSSR count). The van der Waals surface area contributed by atoms with Gasteiger partial charge in [0.1, 0.15) is 5.65 Å². The van der Waals surface area contributed by atoms with Crippen molar-refractivity contribution in [1.82, 2.24) is 14.5 Å². The van der Waals surface area contributed by atoms with Crippen LogP contribution in [-0.4, -0.2) is 33.5 Å². The van der Waals surface area contributed by atoms with Crippen LogP contribution in [0, 0.1) is 0 Å². The van der Waals surface area contributed by atoms with Gasteiger partial charge in [-0.1, -0.05) is 0 Å². The molecule has 0 aromatic carbocycles. The number of pyridine rings is 1. The molecule has 23 heavy (non-hydrogen) atoms. The molecule has 0 atom stereocenters. The van der Waals surface area contributed by atoms with Gasteiger partial charge >= 0.3 is 5.97 Å². The lowest BCUT2D eigenvalue weighted by atomic mass is 10.2. The van der Waals surface area contributed by atoms with Gasteiger partial charge < -0.3 is 14.3 Å². The van der Waals surface area contributed by atoms with Crippen molar-refractivity contribution >= 4 is 34.2 Å². The second-order valence-corrected chi connectivity index (χ2v) is 5.60. The summed E-state index contributed by atoms with van der Waals surface area (Å²) < 4.78 is 6.38. The molecule has 0 aliphatic heterocycles. The Hall–Kier alpha value is -2.74. The van der Waals surface area contributed by atoms with Gasteiger partial charge in [0.15, 0.2) is 4.80 Å². The SMILES string of the molecule is COC(=O)CCn1ccs/c1=N\C(=O)c1c[nH]c2ncccc12. The zero-order chi connectivity index (χ0) is 16.2. The van der Waals surface area contributed by atoms with Crippen LogP contribution in [0.15, 0.2) is 41.1 Å². The van der Waals surface area contributed by atoms with Crippen LogP contribution in [0.5, 0.6) is 0 Å². The van der Waals surface area contributed by atoms with Crippen molar-refractivity contribution < 1.29 is 14.3 Å². The number of esters is 1. The molecule has 0 radical (unpaired) electrons. The molecule has 1 N–H and O–H groups in total. The summed E-state index contributed by atoms with van der Waals surface area (Å²) >= 11 is 1.34. The van der Waals surface area contributed by atoms with Crippen LogP contribution in [0.4, 0.5) is 0 Å². The molecule has 0 spiro atoms. The maximum Gasteiger partial charge on any atom is 0.307 e. The van der Waals surface area contributed by atoms with E-state index in [4.69, 9.17) is 0 Å². The first-order valence-corrected chi connectivity index (χ1v) is 7.79. The molecule has 0 saturated heterocycles. The summed E-state index contributed by atoms with van der Waals surface area (Å²) in [4.78, 5) is 35.5. The average Bonchev–Trinajstić information content (AvgIpc) is 3.19. The van der Waals surface area contributed by atoms with E-state index in [9.17, 15) is 9.59 Å². The quantitative estimate of drug-likeness (QED) is 0.738. The molecule has 3 heterocycles. The lowest BCUT2D eigenvalue weighted by Gasteiger charge is -2.01. The Kier molecular flexibility index (Phi) is 4.33. The number of methoxy groups -OCH3 is 1. The van der Waals surface area contributed by atoms with Crippen LogP contribution < -0.4 is 4.80 Å².